The van der Waals surface area contributed by atoms with Gasteiger partial charge in [0.05, 0.1) is 13.2 Å². The first-order chi connectivity index (χ1) is 13.7. The molecule has 0 amide bonds. The van der Waals surface area contributed by atoms with Crippen LogP contribution in [0.2, 0.25) is 0 Å². The number of phosphoric ester groups is 4. The number of phosphoric acid groups is 4. The summed E-state index contributed by atoms with van der Waals surface area (Å²) in [7, 11) is -15.1. The van der Waals surface area contributed by atoms with Gasteiger partial charge in [-0.2, -0.15) is 0 Å². The van der Waals surface area contributed by atoms with Crippen LogP contribution in [0.5, 0.6) is 0 Å². The van der Waals surface area contributed by atoms with Crippen LogP contribution in [0.15, 0.2) is 0 Å². The molecular formula is C10H29NO16P4. The Morgan fingerprint density at radius 1 is 0.677 bits per heavy atom. The van der Waals surface area contributed by atoms with Crippen LogP contribution in [-0.2, 0) is 54.5 Å². The highest BCUT2D eigenvalue weighted by Crippen LogP contribution is 2.49. The topological polar surface area (TPSA) is 235 Å². The zero-order valence-corrected chi connectivity index (χ0v) is 19.7. The quantitative estimate of drug-likeness (QED) is 0.120. The molecule has 0 aliphatic heterocycles. The fourth-order valence-electron chi connectivity index (χ4n) is 1.35. The Hall–Kier alpha value is 0.400. The van der Waals surface area contributed by atoms with Crippen LogP contribution in [-0.4, -0.2) is 74.2 Å². The highest BCUT2D eigenvalue weighted by atomic mass is 31.2. The van der Waals surface area contributed by atoms with Crippen LogP contribution in [0.1, 0.15) is 7.43 Å². The van der Waals surface area contributed by atoms with Gasteiger partial charge >= 0.3 is 31.3 Å². The first-order valence-corrected chi connectivity index (χ1v) is 13.6. The summed E-state index contributed by atoms with van der Waals surface area (Å²) in [6.45, 7) is -3.17. The average molecular weight is 543 g/mol. The summed E-state index contributed by atoms with van der Waals surface area (Å²) < 4.78 is 80.0. The molecule has 190 valence electrons. The molecule has 0 rings (SSSR count). The van der Waals surface area contributed by atoms with Gasteiger partial charge in [0, 0.05) is 26.7 Å². The molecule has 0 aromatic rings. The maximum Gasteiger partial charge on any atom is 0.474 e. The summed E-state index contributed by atoms with van der Waals surface area (Å²) >= 11 is 0. The highest BCUT2D eigenvalue weighted by Gasteiger charge is 2.29. The molecule has 0 aromatic carbocycles. The van der Waals surface area contributed by atoms with E-state index in [9.17, 15) is 28.0 Å². The van der Waals surface area contributed by atoms with Gasteiger partial charge in [-0.05, 0) is 7.05 Å². The van der Waals surface area contributed by atoms with E-state index in [0.29, 0.717) is 0 Å². The van der Waals surface area contributed by atoms with Crippen LogP contribution in [0, 0.1) is 5.92 Å². The Balaban J connectivity index is 0. The molecular weight excluding hydrogens is 514 g/mol. The molecule has 0 bridgehead atoms. The molecule has 0 saturated heterocycles. The zero-order chi connectivity index (χ0) is 23.5. The lowest BCUT2D eigenvalue weighted by Gasteiger charge is -2.20. The van der Waals surface area contributed by atoms with Crippen molar-refractivity contribution in [2.75, 3.05) is 54.6 Å². The molecule has 0 spiro atoms. The van der Waals surface area contributed by atoms with E-state index in [0.717, 1.165) is 14.2 Å². The SMILES string of the molecule is C.CNCC(COP(=O)(O)OCOP(=O)(O)OC)COP(=O)(O)OCOP(=O)(O)OC. The number of rotatable bonds is 18. The van der Waals surface area contributed by atoms with Gasteiger partial charge in [-0.1, -0.05) is 7.43 Å². The Morgan fingerprint density at radius 3 is 1.29 bits per heavy atom. The van der Waals surface area contributed by atoms with Crippen LogP contribution in [0.4, 0.5) is 0 Å². The van der Waals surface area contributed by atoms with Crippen molar-refractivity contribution in [2.45, 2.75) is 7.43 Å². The van der Waals surface area contributed by atoms with Crippen molar-refractivity contribution in [1.29, 1.82) is 0 Å². The molecule has 5 N–H and O–H groups in total. The average Bonchev–Trinajstić information content (AvgIpc) is 2.63. The van der Waals surface area contributed by atoms with E-state index >= 15 is 0 Å². The standard InChI is InChI=1S/C9H25NO16P4.CH4/c1-10-4-9(5-21-29(15,16)25-7-23-27(11,12)19-2)6-22-30(17,18)26-8-24-28(13,14)20-3;/h9-10H,4-8H2,1-3H3,(H,11,12)(H,13,14)(H,15,16)(H,17,18);1H4. The van der Waals surface area contributed by atoms with Gasteiger partial charge in [0.1, 0.15) is 0 Å². The summed E-state index contributed by atoms with van der Waals surface area (Å²) in [6.07, 6.45) is 0. The third-order valence-electron chi connectivity index (χ3n) is 2.76. The van der Waals surface area contributed by atoms with Crippen molar-refractivity contribution < 1.29 is 74.0 Å². The summed E-state index contributed by atoms with van der Waals surface area (Å²) in [5.41, 5.74) is 0. The van der Waals surface area contributed by atoms with E-state index in [1.165, 1.54) is 7.05 Å². The van der Waals surface area contributed by atoms with Crippen molar-refractivity contribution in [1.82, 2.24) is 5.32 Å². The Kier molecular flexibility index (Phi) is 16.6. The highest BCUT2D eigenvalue weighted by molar-refractivity contribution is 7.48. The van der Waals surface area contributed by atoms with E-state index in [-0.39, 0.29) is 14.0 Å². The normalized spacial score (nSPS) is 20.5. The zero-order valence-electron chi connectivity index (χ0n) is 16.1. The van der Waals surface area contributed by atoms with E-state index in [1.807, 2.05) is 0 Å². The number of nitrogens with one attached hydrogen (secondary N) is 1. The second kappa shape index (κ2) is 15.3. The third-order valence-corrected chi connectivity index (χ3v) is 6.36. The van der Waals surface area contributed by atoms with E-state index in [4.69, 9.17) is 9.79 Å². The van der Waals surface area contributed by atoms with E-state index in [1.54, 1.807) is 0 Å². The largest absolute Gasteiger partial charge is 0.474 e. The lowest BCUT2D eigenvalue weighted by atomic mass is 10.2. The molecule has 17 nitrogen and oxygen atoms in total. The monoisotopic (exact) mass is 543 g/mol. The van der Waals surface area contributed by atoms with E-state index < -0.39 is 64.0 Å². The predicted molar refractivity (Wildman–Crippen MR) is 103 cm³/mol. The summed E-state index contributed by atoms with van der Waals surface area (Å²) in [5.74, 6) is -0.782. The molecule has 0 aliphatic rings. The molecule has 21 heteroatoms. The molecule has 4 atom stereocenters. The fraction of sp³-hybridized carbons (Fsp3) is 1.00. The van der Waals surface area contributed by atoms with E-state index in [2.05, 4.69) is 41.5 Å². The predicted octanol–water partition coefficient (Wildman–Crippen LogP) is 1.17. The maximum atomic E-state index is 11.7. The molecule has 31 heavy (non-hydrogen) atoms. The number of hydrogen-bond donors (Lipinski definition) is 5. The van der Waals surface area contributed by atoms with Crippen molar-refractivity contribution in [3.8, 4) is 0 Å². The molecule has 0 radical (unpaired) electrons. The second-order valence-electron chi connectivity index (χ2n) is 5.01. The molecule has 0 saturated carbocycles. The van der Waals surface area contributed by atoms with Gasteiger partial charge in [0.25, 0.3) is 0 Å². The fourth-order valence-corrected chi connectivity index (χ4v) is 3.42. The lowest BCUT2D eigenvalue weighted by molar-refractivity contribution is 0.0290. The Bertz CT molecular complexity index is 635. The van der Waals surface area contributed by atoms with Crippen molar-refractivity contribution in [2.24, 2.45) is 5.92 Å². The smallest absolute Gasteiger partial charge is 0.319 e. The lowest BCUT2D eigenvalue weighted by Crippen LogP contribution is -2.27. The number of hydrogen-bond acceptors (Lipinski definition) is 13. The summed E-state index contributed by atoms with van der Waals surface area (Å²) in [4.78, 5) is 36.9. The molecule has 0 fully saturated rings. The Morgan fingerprint density at radius 2 is 1.00 bits per heavy atom. The van der Waals surface area contributed by atoms with Gasteiger partial charge < -0.3 is 24.9 Å². The molecule has 4 unspecified atom stereocenters. The minimum atomic E-state index is -4.72. The van der Waals surface area contributed by atoms with Crippen LogP contribution >= 0.6 is 31.3 Å². The minimum absolute atomic E-state index is 0. The van der Waals surface area contributed by atoms with Crippen LogP contribution in [0.3, 0.4) is 0 Å². The molecule has 0 aromatic heterocycles. The third kappa shape index (κ3) is 17.5. The van der Waals surface area contributed by atoms with Gasteiger partial charge in [0.2, 0.25) is 0 Å². The van der Waals surface area contributed by atoms with Crippen molar-refractivity contribution in [3.05, 3.63) is 0 Å². The minimum Gasteiger partial charge on any atom is -0.319 e. The Labute approximate surface area is 179 Å². The molecule has 0 aliphatic carbocycles. The molecule has 0 heterocycles. The van der Waals surface area contributed by atoms with Crippen LogP contribution < -0.4 is 5.32 Å². The second-order valence-corrected chi connectivity index (χ2v) is 11.0. The summed E-state index contributed by atoms with van der Waals surface area (Å²) in [6, 6.07) is 0. The van der Waals surface area contributed by atoms with Crippen LogP contribution in [0.25, 0.3) is 0 Å². The first kappa shape index (κ1) is 33.6. The summed E-state index contributed by atoms with van der Waals surface area (Å²) in [5, 5.41) is 2.68. The van der Waals surface area contributed by atoms with Gasteiger partial charge in [-0.3, -0.25) is 36.2 Å². The van der Waals surface area contributed by atoms with Crippen molar-refractivity contribution >= 4 is 31.3 Å². The maximum absolute atomic E-state index is 11.7. The van der Waals surface area contributed by atoms with Gasteiger partial charge in [-0.25, -0.2) is 18.3 Å². The first-order valence-electron chi connectivity index (χ1n) is 7.62. The van der Waals surface area contributed by atoms with Gasteiger partial charge in [-0.15, -0.1) is 0 Å². The van der Waals surface area contributed by atoms with Crippen molar-refractivity contribution in [3.63, 3.8) is 0 Å². The van der Waals surface area contributed by atoms with Gasteiger partial charge in [0.15, 0.2) is 13.6 Å².